The van der Waals surface area contributed by atoms with Gasteiger partial charge in [-0.15, -0.1) is 0 Å². The Morgan fingerprint density at radius 3 is 2.40 bits per heavy atom. The maximum atomic E-state index is 14.1. The number of aliphatic hydroxyl groups is 1. The van der Waals surface area contributed by atoms with Gasteiger partial charge in [-0.3, -0.25) is 4.79 Å². The first kappa shape index (κ1) is 18.6. The van der Waals surface area contributed by atoms with Crippen molar-refractivity contribution in [2.75, 3.05) is 6.61 Å². The first-order valence-electron chi connectivity index (χ1n) is 7.38. The number of benzene rings is 1. The van der Waals surface area contributed by atoms with Crippen LogP contribution in [0.2, 0.25) is 0 Å². The lowest BCUT2D eigenvalue weighted by Gasteiger charge is -2.24. The molecule has 4 N–H and O–H groups in total. The molecule has 0 aromatic heterocycles. The normalized spacial score (nSPS) is 23.5. The summed E-state index contributed by atoms with van der Waals surface area (Å²) < 4.78 is 27.5. The summed E-state index contributed by atoms with van der Waals surface area (Å²) in [6, 6.07) is 0.919. The van der Waals surface area contributed by atoms with Gasteiger partial charge in [0, 0.05) is 5.92 Å². The van der Waals surface area contributed by atoms with Crippen LogP contribution in [0.3, 0.4) is 0 Å². The molecule has 3 atom stereocenters. The number of nitrogens with one attached hydrogen (secondary N) is 1. The minimum absolute atomic E-state index is 0.0356. The number of nitrogens with zero attached hydrogens (tertiary/aromatic N) is 1. The van der Waals surface area contributed by atoms with Gasteiger partial charge < -0.3 is 20.6 Å². The Kier molecular flexibility index (Phi) is 5.52. The minimum Gasteiger partial charge on any atom is -0.464 e. The second-order valence-electron chi connectivity index (χ2n) is 5.58. The average molecular weight is 358 g/mol. The van der Waals surface area contributed by atoms with Crippen molar-refractivity contribution in [3.05, 3.63) is 35.4 Å². The van der Waals surface area contributed by atoms with E-state index in [1.54, 1.807) is 0 Å². The van der Waals surface area contributed by atoms with Crippen LogP contribution in [-0.4, -0.2) is 57.0 Å². The van der Waals surface area contributed by atoms with Gasteiger partial charge in [-0.05, 0) is 24.5 Å². The molecule has 25 heavy (non-hydrogen) atoms. The number of aliphatic hydroxyl groups excluding tert-OH is 1. The molecule has 3 amide bonds. The molecule has 2 rings (SSSR count). The van der Waals surface area contributed by atoms with E-state index in [2.05, 4.69) is 5.32 Å². The predicted octanol–water partition coefficient (Wildman–Crippen LogP) is 1.35. The Morgan fingerprint density at radius 1 is 1.20 bits per heavy atom. The largest absolute Gasteiger partial charge is 0.464 e. The molecule has 0 radical (unpaired) electrons. The molecule has 1 heterocycles. The highest BCUT2D eigenvalue weighted by atomic mass is 19.2. The van der Waals surface area contributed by atoms with E-state index in [0.717, 1.165) is 6.07 Å². The van der Waals surface area contributed by atoms with Gasteiger partial charge in [-0.1, -0.05) is 12.1 Å². The van der Waals surface area contributed by atoms with E-state index in [-0.39, 0.29) is 23.3 Å². The fraction of sp³-hybridized carbons (Fsp3) is 0.400. The van der Waals surface area contributed by atoms with E-state index in [0.29, 0.717) is 0 Å². The maximum Gasteiger partial charge on any atom is 0.417 e. The molecule has 136 valence electrons. The Bertz CT molecular complexity index is 685. The van der Waals surface area contributed by atoms with Crippen LogP contribution in [0.15, 0.2) is 18.2 Å². The number of imide groups is 1. The molecule has 3 unspecified atom stereocenters. The van der Waals surface area contributed by atoms with E-state index in [1.807, 2.05) is 0 Å². The molecular weight excluding hydrogens is 342 g/mol. The zero-order valence-corrected chi connectivity index (χ0v) is 12.9. The Morgan fingerprint density at radius 2 is 1.84 bits per heavy atom. The SMILES string of the molecule is O=C1NC(CO)C(c2cccc(F)c2F)CCC1N(C(=O)O)C(=O)O. The van der Waals surface area contributed by atoms with Crippen LogP contribution in [0, 0.1) is 11.6 Å². The lowest BCUT2D eigenvalue weighted by molar-refractivity contribution is -0.126. The van der Waals surface area contributed by atoms with Crippen LogP contribution in [0.5, 0.6) is 0 Å². The molecular formula is C15H16F2N2O6. The Hall–Kier alpha value is -2.75. The molecule has 1 aliphatic heterocycles. The average Bonchev–Trinajstić information content (AvgIpc) is 2.69. The van der Waals surface area contributed by atoms with Gasteiger partial charge in [0.05, 0.1) is 12.6 Å². The van der Waals surface area contributed by atoms with Gasteiger partial charge >= 0.3 is 12.2 Å². The number of carbonyl (C=O) groups is 3. The summed E-state index contributed by atoms with van der Waals surface area (Å²) in [5.41, 5.74) is -0.0859. The highest BCUT2D eigenvalue weighted by Crippen LogP contribution is 2.32. The molecule has 8 nitrogen and oxygen atoms in total. The van der Waals surface area contributed by atoms with Crippen LogP contribution >= 0.6 is 0 Å². The third-order valence-corrected chi connectivity index (χ3v) is 4.17. The standard InChI is InChI=1S/C15H16F2N2O6/c16-9-3-1-2-8(12(9)17)7-4-5-11(13(21)18-10(7)6-20)19(14(22)23)15(24)25/h1-3,7,10-11,20H,4-6H2,(H,18,21)(H,22,23)(H,24,25). The molecule has 1 aliphatic rings. The van der Waals surface area contributed by atoms with Crippen molar-refractivity contribution in [2.45, 2.75) is 30.8 Å². The first-order valence-corrected chi connectivity index (χ1v) is 7.38. The summed E-state index contributed by atoms with van der Waals surface area (Å²) in [7, 11) is 0. The van der Waals surface area contributed by atoms with Crippen molar-refractivity contribution >= 4 is 18.1 Å². The van der Waals surface area contributed by atoms with Crippen LogP contribution in [0.4, 0.5) is 18.4 Å². The molecule has 10 heteroatoms. The van der Waals surface area contributed by atoms with Gasteiger partial charge in [0.25, 0.3) is 0 Å². The lowest BCUT2D eigenvalue weighted by Crippen LogP contribution is -2.52. The lowest BCUT2D eigenvalue weighted by atomic mass is 9.87. The molecule has 1 saturated heterocycles. The smallest absolute Gasteiger partial charge is 0.417 e. The van der Waals surface area contributed by atoms with E-state index < -0.39 is 54.3 Å². The number of amides is 3. The van der Waals surface area contributed by atoms with Crippen molar-refractivity contribution in [1.82, 2.24) is 10.2 Å². The van der Waals surface area contributed by atoms with E-state index in [4.69, 9.17) is 10.2 Å². The highest BCUT2D eigenvalue weighted by Gasteiger charge is 2.40. The molecule has 0 saturated carbocycles. The van der Waals surface area contributed by atoms with Crippen molar-refractivity contribution in [3.63, 3.8) is 0 Å². The van der Waals surface area contributed by atoms with Crippen LogP contribution in [0.25, 0.3) is 0 Å². The summed E-state index contributed by atoms with van der Waals surface area (Å²) in [5.74, 6) is -4.01. The number of halogens is 2. The fourth-order valence-electron chi connectivity index (χ4n) is 3.00. The minimum atomic E-state index is -1.83. The summed E-state index contributed by atoms with van der Waals surface area (Å²) in [6.45, 7) is -0.612. The number of carbonyl (C=O) groups excluding carboxylic acids is 1. The number of hydrogen-bond donors (Lipinski definition) is 4. The molecule has 1 fully saturated rings. The third-order valence-electron chi connectivity index (χ3n) is 4.17. The van der Waals surface area contributed by atoms with Crippen molar-refractivity contribution in [2.24, 2.45) is 0 Å². The van der Waals surface area contributed by atoms with Gasteiger partial charge in [-0.25, -0.2) is 18.4 Å². The van der Waals surface area contributed by atoms with Gasteiger partial charge in [-0.2, -0.15) is 4.90 Å². The van der Waals surface area contributed by atoms with Gasteiger partial charge in [0.15, 0.2) is 11.6 Å². The summed E-state index contributed by atoms with van der Waals surface area (Å²) in [6.07, 6.45) is -3.93. The van der Waals surface area contributed by atoms with Crippen LogP contribution in [-0.2, 0) is 4.79 Å². The van der Waals surface area contributed by atoms with Crippen LogP contribution in [0.1, 0.15) is 24.3 Å². The first-order chi connectivity index (χ1) is 11.8. The van der Waals surface area contributed by atoms with Crippen molar-refractivity contribution in [3.8, 4) is 0 Å². The third kappa shape index (κ3) is 3.68. The van der Waals surface area contributed by atoms with Crippen molar-refractivity contribution in [1.29, 1.82) is 0 Å². The van der Waals surface area contributed by atoms with Gasteiger partial charge in [0.2, 0.25) is 5.91 Å². The van der Waals surface area contributed by atoms with E-state index in [9.17, 15) is 28.3 Å². The zero-order valence-electron chi connectivity index (χ0n) is 12.9. The number of carboxylic acid groups (broad SMARTS) is 2. The number of rotatable bonds is 3. The zero-order chi connectivity index (χ0) is 18.7. The van der Waals surface area contributed by atoms with E-state index >= 15 is 0 Å². The Balaban J connectivity index is 2.37. The Labute approximate surface area is 140 Å². The summed E-state index contributed by atoms with van der Waals surface area (Å²) in [4.78, 5) is 34.4. The molecule has 1 aromatic rings. The summed E-state index contributed by atoms with van der Waals surface area (Å²) >= 11 is 0. The molecule has 1 aromatic carbocycles. The molecule has 0 aliphatic carbocycles. The highest BCUT2D eigenvalue weighted by molar-refractivity contribution is 5.94. The molecule has 0 spiro atoms. The second kappa shape index (κ2) is 7.43. The van der Waals surface area contributed by atoms with Crippen molar-refractivity contribution < 1.29 is 38.5 Å². The van der Waals surface area contributed by atoms with Gasteiger partial charge in [0.1, 0.15) is 6.04 Å². The number of hydrogen-bond acceptors (Lipinski definition) is 4. The predicted molar refractivity (Wildman–Crippen MR) is 79.0 cm³/mol. The quantitative estimate of drug-likeness (QED) is 0.646. The fourth-order valence-corrected chi connectivity index (χ4v) is 3.00. The van der Waals surface area contributed by atoms with Crippen LogP contribution < -0.4 is 5.32 Å². The maximum absolute atomic E-state index is 14.1. The second-order valence-corrected chi connectivity index (χ2v) is 5.58. The summed E-state index contributed by atoms with van der Waals surface area (Å²) in [5, 5.41) is 29.8. The van der Waals surface area contributed by atoms with E-state index in [1.165, 1.54) is 12.1 Å². The topological polar surface area (TPSA) is 127 Å². The molecule has 0 bridgehead atoms. The monoisotopic (exact) mass is 358 g/mol.